The lowest BCUT2D eigenvalue weighted by Gasteiger charge is -2.14. The third-order valence-corrected chi connectivity index (χ3v) is 2.64. The molecule has 0 spiro atoms. The van der Waals surface area contributed by atoms with Gasteiger partial charge in [0.15, 0.2) is 0 Å². The average Bonchev–Trinajstić information content (AvgIpc) is 2.28. The molecule has 0 bridgehead atoms. The van der Waals surface area contributed by atoms with E-state index in [9.17, 15) is 4.79 Å². The molecule has 2 nitrogen and oxygen atoms in total. The lowest BCUT2D eigenvalue weighted by atomic mass is 10.1. The zero-order valence-electron chi connectivity index (χ0n) is 12.6. The van der Waals surface area contributed by atoms with Crippen molar-refractivity contribution < 1.29 is 9.53 Å². The highest BCUT2D eigenvalue weighted by Crippen LogP contribution is 2.08. The number of carbonyl (C=O) groups is 1. The Kier molecular flexibility index (Phi) is 9.32. The molecule has 0 saturated carbocycles. The van der Waals surface area contributed by atoms with Gasteiger partial charge in [-0.1, -0.05) is 44.5 Å². The van der Waals surface area contributed by atoms with E-state index in [-0.39, 0.29) is 12.1 Å². The first-order valence-electron chi connectivity index (χ1n) is 6.76. The van der Waals surface area contributed by atoms with Gasteiger partial charge >= 0.3 is 5.97 Å². The van der Waals surface area contributed by atoms with Gasteiger partial charge in [-0.2, -0.15) is 0 Å². The monoisotopic (exact) mass is 284 g/mol. The molecular weight excluding hydrogens is 260 g/mol. The molecule has 1 aromatic rings. The molecule has 1 unspecified atom stereocenters. The molecule has 1 atom stereocenters. The molecule has 0 N–H and O–H groups in total. The van der Waals surface area contributed by atoms with Crippen LogP contribution < -0.4 is 0 Å². The summed E-state index contributed by atoms with van der Waals surface area (Å²) in [5, 5.41) is 0.810. The van der Waals surface area contributed by atoms with Crippen LogP contribution in [0, 0.1) is 12.8 Å². The lowest BCUT2D eigenvalue weighted by Crippen LogP contribution is -2.15. The number of rotatable bonds is 4. The number of hydrogen-bond acceptors (Lipinski definition) is 2. The maximum absolute atomic E-state index is 10.8. The minimum Gasteiger partial charge on any atom is -0.463 e. The van der Waals surface area contributed by atoms with Crippen molar-refractivity contribution in [3.63, 3.8) is 0 Å². The van der Waals surface area contributed by atoms with E-state index in [2.05, 4.69) is 13.8 Å². The summed E-state index contributed by atoms with van der Waals surface area (Å²) in [7, 11) is 0. The quantitative estimate of drug-likeness (QED) is 0.726. The Morgan fingerprint density at radius 1 is 1.32 bits per heavy atom. The fourth-order valence-electron chi connectivity index (χ4n) is 1.63. The van der Waals surface area contributed by atoms with E-state index in [1.165, 1.54) is 5.56 Å². The molecule has 0 aliphatic heterocycles. The van der Waals surface area contributed by atoms with Crippen LogP contribution in [0.25, 0.3) is 0 Å². The summed E-state index contributed by atoms with van der Waals surface area (Å²) in [4.78, 5) is 10.8. The first-order valence-corrected chi connectivity index (χ1v) is 7.14. The van der Waals surface area contributed by atoms with Crippen LogP contribution in [0.3, 0.4) is 0 Å². The van der Waals surface area contributed by atoms with Gasteiger partial charge in [0.25, 0.3) is 0 Å². The summed E-state index contributed by atoms with van der Waals surface area (Å²) in [5.74, 6) is 0.493. The zero-order chi connectivity index (χ0) is 14.8. The number of hydrogen-bond donors (Lipinski definition) is 0. The van der Waals surface area contributed by atoms with E-state index in [0.717, 1.165) is 11.4 Å². The van der Waals surface area contributed by atoms with E-state index in [4.69, 9.17) is 16.3 Å². The topological polar surface area (TPSA) is 26.3 Å². The molecule has 0 aliphatic rings. The summed E-state index contributed by atoms with van der Waals surface area (Å²) in [5.41, 5.74) is 1.21. The SMILES string of the molecule is CCC(=O)OC(C)CC(C)C.Cc1cccc(Cl)c1. The molecule has 0 radical (unpaired) electrons. The summed E-state index contributed by atoms with van der Waals surface area (Å²) in [6, 6.07) is 7.76. The van der Waals surface area contributed by atoms with Crippen molar-refractivity contribution in [2.45, 2.75) is 53.6 Å². The van der Waals surface area contributed by atoms with E-state index >= 15 is 0 Å². The van der Waals surface area contributed by atoms with Crippen molar-refractivity contribution in [1.29, 1.82) is 0 Å². The van der Waals surface area contributed by atoms with Gasteiger partial charge in [-0.15, -0.1) is 0 Å². The minimum absolute atomic E-state index is 0.0717. The van der Waals surface area contributed by atoms with E-state index in [0.29, 0.717) is 12.3 Å². The smallest absolute Gasteiger partial charge is 0.305 e. The van der Waals surface area contributed by atoms with Gasteiger partial charge in [0, 0.05) is 11.4 Å². The third-order valence-electron chi connectivity index (χ3n) is 2.40. The highest BCUT2D eigenvalue weighted by molar-refractivity contribution is 6.30. The Morgan fingerprint density at radius 2 is 1.95 bits per heavy atom. The van der Waals surface area contributed by atoms with Gasteiger partial charge in [0.2, 0.25) is 0 Å². The van der Waals surface area contributed by atoms with Gasteiger partial charge in [-0.25, -0.2) is 0 Å². The highest BCUT2D eigenvalue weighted by atomic mass is 35.5. The first-order chi connectivity index (χ1) is 8.85. The van der Waals surface area contributed by atoms with E-state index < -0.39 is 0 Å². The second-order valence-corrected chi connectivity index (χ2v) is 5.52. The molecule has 0 amide bonds. The summed E-state index contributed by atoms with van der Waals surface area (Å²) < 4.78 is 5.07. The Bertz CT molecular complexity index is 358. The summed E-state index contributed by atoms with van der Waals surface area (Å²) in [6.07, 6.45) is 1.50. The van der Waals surface area contributed by atoms with Crippen molar-refractivity contribution in [3.05, 3.63) is 34.9 Å². The number of halogens is 1. The molecule has 3 heteroatoms. The molecule has 0 aliphatic carbocycles. The molecule has 108 valence electrons. The summed E-state index contributed by atoms with van der Waals surface area (Å²) in [6.45, 7) is 10.0. The number of esters is 1. The molecule has 1 aromatic carbocycles. The predicted molar refractivity (Wildman–Crippen MR) is 81.5 cm³/mol. The predicted octanol–water partition coefficient (Wildman–Crippen LogP) is 5.02. The second kappa shape index (κ2) is 9.85. The van der Waals surface area contributed by atoms with Crippen LogP contribution >= 0.6 is 11.6 Å². The van der Waals surface area contributed by atoms with Crippen LogP contribution in [0.15, 0.2) is 24.3 Å². The number of benzene rings is 1. The Labute approximate surface area is 122 Å². The van der Waals surface area contributed by atoms with E-state index in [1.807, 2.05) is 45.0 Å². The number of ether oxygens (including phenoxy) is 1. The van der Waals surface area contributed by atoms with Crippen LogP contribution in [-0.4, -0.2) is 12.1 Å². The Hall–Kier alpha value is -1.02. The largest absolute Gasteiger partial charge is 0.463 e. The second-order valence-electron chi connectivity index (χ2n) is 5.08. The zero-order valence-corrected chi connectivity index (χ0v) is 13.3. The van der Waals surface area contributed by atoms with Crippen molar-refractivity contribution >= 4 is 17.6 Å². The third kappa shape index (κ3) is 10.6. The van der Waals surface area contributed by atoms with Gasteiger partial charge < -0.3 is 4.74 Å². The Balaban J connectivity index is 0.000000356. The van der Waals surface area contributed by atoms with Crippen LogP contribution in [0.4, 0.5) is 0 Å². The molecule has 0 fully saturated rings. The molecule has 19 heavy (non-hydrogen) atoms. The van der Waals surface area contributed by atoms with Gasteiger partial charge in [0.1, 0.15) is 0 Å². The summed E-state index contributed by atoms with van der Waals surface area (Å²) >= 11 is 5.64. The van der Waals surface area contributed by atoms with Gasteiger partial charge in [-0.05, 0) is 43.9 Å². The van der Waals surface area contributed by atoms with Crippen molar-refractivity contribution in [1.82, 2.24) is 0 Å². The standard InChI is InChI=1S/C9H18O2.C7H7Cl/c1-5-9(10)11-8(4)6-7(2)3;1-6-3-2-4-7(8)5-6/h7-8H,5-6H2,1-4H3;2-5H,1H3. The average molecular weight is 285 g/mol. The highest BCUT2D eigenvalue weighted by Gasteiger charge is 2.08. The van der Waals surface area contributed by atoms with Crippen LogP contribution in [0.2, 0.25) is 5.02 Å². The fraction of sp³-hybridized carbons (Fsp3) is 0.562. The van der Waals surface area contributed by atoms with Crippen LogP contribution in [0.5, 0.6) is 0 Å². The van der Waals surface area contributed by atoms with Crippen molar-refractivity contribution in [2.75, 3.05) is 0 Å². The molecule has 0 saturated heterocycles. The van der Waals surface area contributed by atoms with E-state index in [1.54, 1.807) is 0 Å². The van der Waals surface area contributed by atoms with Crippen molar-refractivity contribution in [3.8, 4) is 0 Å². The Morgan fingerprint density at radius 3 is 2.32 bits per heavy atom. The normalized spacial score (nSPS) is 11.5. The van der Waals surface area contributed by atoms with Crippen LogP contribution in [0.1, 0.15) is 46.1 Å². The number of aryl methyl sites for hydroxylation is 1. The van der Waals surface area contributed by atoms with Crippen molar-refractivity contribution in [2.24, 2.45) is 5.92 Å². The number of carbonyl (C=O) groups excluding carboxylic acids is 1. The van der Waals surface area contributed by atoms with Crippen LogP contribution in [-0.2, 0) is 9.53 Å². The minimum atomic E-state index is -0.0989. The maximum atomic E-state index is 10.8. The molecular formula is C16H25ClO2. The first kappa shape index (κ1) is 18.0. The molecule has 1 rings (SSSR count). The molecule has 0 aromatic heterocycles. The molecule has 0 heterocycles. The lowest BCUT2D eigenvalue weighted by molar-refractivity contribution is -0.148. The fourth-order valence-corrected chi connectivity index (χ4v) is 1.87. The van der Waals surface area contributed by atoms with Gasteiger partial charge in [0.05, 0.1) is 6.10 Å². The van der Waals surface area contributed by atoms with Gasteiger partial charge in [-0.3, -0.25) is 4.79 Å². The maximum Gasteiger partial charge on any atom is 0.305 e.